The molecule has 0 heterocycles. The summed E-state index contributed by atoms with van der Waals surface area (Å²) in [6.07, 6.45) is 5.20. The van der Waals surface area contributed by atoms with Gasteiger partial charge in [0, 0.05) is 6.07 Å². The van der Waals surface area contributed by atoms with E-state index in [9.17, 15) is 15.0 Å². The van der Waals surface area contributed by atoms with Crippen LogP contribution in [0.3, 0.4) is 0 Å². The number of carbonyl (C=O) groups excluding carboxylic acids is 1. The number of ketones is 1. The van der Waals surface area contributed by atoms with Crippen LogP contribution in [0.25, 0.3) is 0 Å². The number of aryl methyl sites for hydroxylation is 1. The van der Waals surface area contributed by atoms with Crippen molar-refractivity contribution in [1.29, 1.82) is 0 Å². The van der Waals surface area contributed by atoms with Crippen molar-refractivity contribution in [2.75, 3.05) is 0 Å². The largest absolute Gasteiger partial charge is 0.508 e. The summed E-state index contributed by atoms with van der Waals surface area (Å²) in [5.41, 5.74) is 1.03. The molecule has 17 heavy (non-hydrogen) atoms. The molecule has 0 aromatic heterocycles. The van der Waals surface area contributed by atoms with Crippen molar-refractivity contribution in [1.82, 2.24) is 0 Å². The molecule has 3 nitrogen and oxygen atoms in total. The number of carbonyl (C=O) groups is 1. The van der Waals surface area contributed by atoms with Crippen LogP contribution in [-0.4, -0.2) is 16.0 Å². The maximum absolute atomic E-state index is 11.3. The predicted octanol–water partition coefficient (Wildman–Crippen LogP) is 3.42. The van der Waals surface area contributed by atoms with Gasteiger partial charge in [0.2, 0.25) is 0 Å². The van der Waals surface area contributed by atoms with Gasteiger partial charge in [0.15, 0.2) is 5.78 Å². The molecule has 1 aromatic carbocycles. The van der Waals surface area contributed by atoms with Crippen LogP contribution >= 0.6 is 0 Å². The fourth-order valence-electron chi connectivity index (χ4n) is 1.85. The third kappa shape index (κ3) is 3.77. The number of hydrogen-bond donors (Lipinski definition) is 2. The van der Waals surface area contributed by atoms with Gasteiger partial charge in [-0.15, -0.1) is 0 Å². The Labute approximate surface area is 102 Å². The van der Waals surface area contributed by atoms with E-state index in [1.807, 2.05) is 0 Å². The zero-order valence-corrected chi connectivity index (χ0v) is 10.5. The van der Waals surface area contributed by atoms with Crippen molar-refractivity contribution < 1.29 is 15.0 Å². The molecule has 0 aliphatic carbocycles. The lowest BCUT2D eigenvalue weighted by molar-refractivity contribution is 0.101. The summed E-state index contributed by atoms with van der Waals surface area (Å²) in [7, 11) is 0. The molecule has 1 rings (SSSR count). The predicted molar refractivity (Wildman–Crippen MR) is 67.6 cm³/mol. The highest BCUT2D eigenvalue weighted by atomic mass is 16.3. The molecule has 0 radical (unpaired) electrons. The minimum atomic E-state index is -0.183. The SMILES string of the molecule is CCCCCCc1cc(C(C)=O)c(O)cc1O. The first-order chi connectivity index (χ1) is 8.06. The lowest BCUT2D eigenvalue weighted by Crippen LogP contribution is -1.96. The minimum absolute atomic E-state index is 0.0731. The lowest BCUT2D eigenvalue weighted by Gasteiger charge is -2.08. The zero-order chi connectivity index (χ0) is 12.8. The number of rotatable bonds is 6. The fraction of sp³-hybridized carbons (Fsp3) is 0.500. The highest BCUT2D eigenvalue weighted by molar-refractivity contribution is 5.97. The van der Waals surface area contributed by atoms with E-state index in [1.54, 1.807) is 6.07 Å². The standard InChI is InChI=1S/C14H20O3/c1-3-4-5-6-7-11-8-12(10(2)15)14(17)9-13(11)16/h8-9,16-17H,3-7H2,1-2H3. The first-order valence-corrected chi connectivity index (χ1v) is 6.12. The fourth-order valence-corrected chi connectivity index (χ4v) is 1.85. The maximum Gasteiger partial charge on any atom is 0.163 e. The summed E-state index contributed by atoms with van der Waals surface area (Å²) in [6, 6.07) is 2.85. The van der Waals surface area contributed by atoms with E-state index < -0.39 is 0 Å². The van der Waals surface area contributed by atoms with Crippen LogP contribution in [-0.2, 0) is 6.42 Å². The van der Waals surface area contributed by atoms with Gasteiger partial charge in [0.05, 0.1) is 5.56 Å². The molecule has 94 valence electrons. The number of benzene rings is 1. The van der Waals surface area contributed by atoms with E-state index in [0.717, 1.165) is 24.8 Å². The van der Waals surface area contributed by atoms with Crippen molar-refractivity contribution in [3.05, 3.63) is 23.3 Å². The van der Waals surface area contributed by atoms with Crippen LogP contribution in [0.4, 0.5) is 0 Å². The van der Waals surface area contributed by atoms with Crippen LogP contribution in [0.15, 0.2) is 12.1 Å². The molecule has 0 saturated carbocycles. The second-order valence-electron chi connectivity index (χ2n) is 4.36. The molecule has 0 amide bonds. The Morgan fingerprint density at radius 3 is 2.41 bits per heavy atom. The number of Topliss-reactive ketones (excluding diaryl/α,β-unsaturated/α-hetero) is 1. The first-order valence-electron chi connectivity index (χ1n) is 6.12. The average molecular weight is 236 g/mol. The summed E-state index contributed by atoms with van der Waals surface area (Å²) < 4.78 is 0. The van der Waals surface area contributed by atoms with Crippen LogP contribution in [0.2, 0.25) is 0 Å². The van der Waals surface area contributed by atoms with E-state index >= 15 is 0 Å². The molecule has 0 aliphatic rings. The smallest absolute Gasteiger partial charge is 0.163 e. The van der Waals surface area contributed by atoms with Gasteiger partial charge in [-0.25, -0.2) is 0 Å². The maximum atomic E-state index is 11.3. The third-order valence-electron chi connectivity index (χ3n) is 2.88. The minimum Gasteiger partial charge on any atom is -0.508 e. The van der Waals surface area contributed by atoms with Gasteiger partial charge in [-0.2, -0.15) is 0 Å². The van der Waals surface area contributed by atoms with Gasteiger partial charge >= 0.3 is 0 Å². The van der Waals surface area contributed by atoms with Crippen molar-refractivity contribution in [3.63, 3.8) is 0 Å². The summed E-state index contributed by atoms with van der Waals surface area (Å²) in [6.45, 7) is 3.55. The van der Waals surface area contributed by atoms with Crippen LogP contribution in [0, 0.1) is 0 Å². The Morgan fingerprint density at radius 1 is 1.12 bits per heavy atom. The van der Waals surface area contributed by atoms with E-state index in [-0.39, 0.29) is 22.8 Å². The van der Waals surface area contributed by atoms with Gasteiger partial charge in [0.1, 0.15) is 11.5 Å². The summed E-state index contributed by atoms with van der Waals surface area (Å²) >= 11 is 0. The van der Waals surface area contributed by atoms with Gasteiger partial charge in [0.25, 0.3) is 0 Å². The topological polar surface area (TPSA) is 57.5 Å². The first kappa shape index (κ1) is 13.6. The van der Waals surface area contributed by atoms with Gasteiger partial charge in [-0.3, -0.25) is 4.79 Å². The number of aromatic hydroxyl groups is 2. The summed E-state index contributed by atoms with van der Waals surface area (Å²) in [5, 5.41) is 19.2. The molecule has 0 aliphatic heterocycles. The second-order valence-corrected chi connectivity index (χ2v) is 4.36. The lowest BCUT2D eigenvalue weighted by atomic mass is 10.0. The number of hydrogen-bond acceptors (Lipinski definition) is 3. The van der Waals surface area contributed by atoms with E-state index in [4.69, 9.17) is 0 Å². The van der Waals surface area contributed by atoms with Gasteiger partial charge < -0.3 is 10.2 Å². The molecule has 0 unspecified atom stereocenters. The van der Waals surface area contributed by atoms with Gasteiger partial charge in [-0.1, -0.05) is 26.2 Å². The molecule has 2 N–H and O–H groups in total. The Hall–Kier alpha value is -1.51. The summed E-state index contributed by atoms with van der Waals surface area (Å²) in [4.78, 5) is 11.3. The molecule has 1 aromatic rings. The number of unbranched alkanes of at least 4 members (excludes halogenated alkanes) is 3. The number of phenolic OH excluding ortho intramolecular Hbond substituents is 2. The molecule has 0 atom stereocenters. The van der Waals surface area contributed by atoms with Crippen molar-refractivity contribution in [2.24, 2.45) is 0 Å². The quantitative estimate of drug-likeness (QED) is 0.587. The molecule has 3 heteroatoms. The normalized spacial score (nSPS) is 10.5. The van der Waals surface area contributed by atoms with Crippen LogP contribution < -0.4 is 0 Å². The van der Waals surface area contributed by atoms with E-state index in [2.05, 4.69) is 6.92 Å². The van der Waals surface area contributed by atoms with Crippen molar-refractivity contribution >= 4 is 5.78 Å². The Kier molecular flexibility index (Phi) is 5.01. The molecule has 0 fully saturated rings. The molecule has 0 spiro atoms. The van der Waals surface area contributed by atoms with E-state index in [0.29, 0.717) is 0 Å². The Bertz CT molecular complexity index is 397. The Balaban J connectivity index is 2.77. The van der Waals surface area contributed by atoms with Crippen molar-refractivity contribution in [3.8, 4) is 11.5 Å². The second kappa shape index (κ2) is 6.28. The zero-order valence-electron chi connectivity index (χ0n) is 10.5. The molecule has 0 saturated heterocycles. The van der Waals surface area contributed by atoms with Crippen molar-refractivity contribution in [2.45, 2.75) is 46.0 Å². The monoisotopic (exact) mass is 236 g/mol. The number of phenols is 2. The highest BCUT2D eigenvalue weighted by Crippen LogP contribution is 2.28. The third-order valence-corrected chi connectivity index (χ3v) is 2.88. The molecular formula is C14H20O3. The van der Waals surface area contributed by atoms with Gasteiger partial charge in [-0.05, 0) is 31.4 Å². The average Bonchev–Trinajstić information content (AvgIpc) is 2.26. The molecular weight excluding hydrogens is 216 g/mol. The summed E-state index contributed by atoms with van der Waals surface area (Å²) in [5.74, 6) is -0.256. The van der Waals surface area contributed by atoms with Crippen LogP contribution in [0.1, 0.15) is 55.5 Å². The molecule has 0 bridgehead atoms. The van der Waals surface area contributed by atoms with Crippen LogP contribution in [0.5, 0.6) is 11.5 Å². The highest BCUT2D eigenvalue weighted by Gasteiger charge is 2.11. The van der Waals surface area contributed by atoms with E-state index in [1.165, 1.54) is 25.8 Å². The Morgan fingerprint density at radius 2 is 1.82 bits per heavy atom.